The molecule has 0 atom stereocenters. The zero-order chi connectivity index (χ0) is 9.26. The molecule has 0 unspecified atom stereocenters. The van der Waals surface area contributed by atoms with Crippen molar-refractivity contribution in [2.75, 3.05) is 23.7 Å². The Hall–Kier alpha value is -0.670. The largest absolute Gasteiger partial charge is 0.397 e. The van der Waals surface area contributed by atoms with Crippen molar-refractivity contribution in [3.8, 4) is 0 Å². The lowest BCUT2D eigenvalue weighted by molar-refractivity contribution is 0.628. The van der Waals surface area contributed by atoms with E-state index in [9.17, 15) is 4.39 Å². The minimum atomic E-state index is -0.263. The van der Waals surface area contributed by atoms with Crippen molar-refractivity contribution in [2.24, 2.45) is 0 Å². The molecule has 0 spiro atoms. The van der Waals surface area contributed by atoms with Gasteiger partial charge in [0.25, 0.3) is 0 Å². The molecule has 1 aromatic carbocycles. The van der Waals surface area contributed by atoms with E-state index in [1.807, 2.05) is 0 Å². The fourth-order valence-corrected chi connectivity index (χ4v) is 1.77. The van der Waals surface area contributed by atoms with Gasteiger partial charge in [-0.05, 0) is 31.0 Å². The molecule has 1 saturated heterocycles. The monoisotopic (exact) mass is 252 g/mol. The summed E-state index contributed by atoms with van der Waals surface area (Å²) in [7, 11) is 0. The van der Waals surface area contributed by atoms with Gasteiger partial charge in [-0.25, -0.2) is 4.39 Å². The van der Waals surface area contributed by atoms with Gasteiger partial charge in [0.2, 0.25) is 0 Å². The Morgan fingerprint density at radius 3 is 2.27 bits per heavy atom. The van der Waals surface area contributed by atoms with Crippen LogP contribution in [0.2, 0.25) is 0 Å². The van der Waals surface area contributed by atoms with Gasteiger partial charge in [0, 0.05) is 13.1 Å². The molecular formula is C10H15Cl2FN2. The Bertz CT molecular complexity index is 314. The number of hydrogen-bond donors (Lipinski definition) is 1. The molecule has 1 aliphatic heterocycles. The zero-order valence-electron chi connectivity index (χ0n) is 8.28. The van der Waals surface area contributed by atoms with Gasteiger partial charge in [0.1, 0.15) is 5.82 Å². The van der Waals surface area contributed by atoms with Crippen LogP contribution in [0, 0.1) is 5.82 Å². The first kappa shape index (κ1) is 14.3. The summed E-state index contributed by atoms with van der Waals surface area (Å²) in [6.07, 6.45) is 2.41. The van der Waals surface area contributed by atoms with E-state index in [1.54, 1.807) is 6.07 Å². The molecule has 2 rings (SSSR count). The summed E-state index contributed by atoms with van der Waals surface area (Å²) < 4.78 is 12.7. The summed E-state index contributed by atoms with van der Waals surface area (Å²) in [4.78, 5) is 2.20. The minimum Gasteiger partial charge on any atom is -0.397 e. The molecule has 0 radical (unpaired) electrons. The number of halogens is 3. The van der Waals surface area contributed by atoms with E-state index in [2.05, 4.69) is 4.90 Å². The Morgan fingerprint density at radius 1 is 1.13 bits per heavy atom. The predicted molar refractivity (Wildman–Crippen MR) is 66.8 cm³/mol. The molecule has 0 aliphatic carbocycles. The van der Waals surface area contributed by atoms with Crippen LogP contribution in [0.5, 0.6) is 0 Å². The van der Waals surface area contributed by atoms with Crippen LogP contribution in [0.15, 0.2) is 18.2 Å². The van der Waals surface area contributed by atoms with E-state index >= 15 is 0 Å². The van der Waals surface area contributed by atoms with Gasteiger partial charge in [-0.2, -0.15) is 0 Å². The Balaban J connectivity index is 0.000000980. The van der Waals surface area contributed by atoms with Gasteiger partial charge < -0.3 is 10.6 Å². The average molecular weight is 253 g/mol. The molecule has 0 bridgehead atoms. The van der Waals surface area contributed by atoms with Crippen molar-refractivity contribution >= 4 is 36.2 Å². The number of nitrogens with two attached hydrogens (primary N) is 1. The van der Waals surface area contributed by atoms with Crippen LogP contribution >= 0.6 is 24.8 Å². The van der Waals surface area contributed by atoms with Crippen LogP contribution < -0.4 is 10.6 Å². The van der Waals surface area contributed by atoms with Gasteiger partial charge in [-0.15, -0.1) is 24.8 Å². The molecule has 2 N–H and O–H groups in total. The van der Waals surface area contributed by atoms with E-state index < -0.39 is 0 Å². The van der Waals surface area contributed by atoms with Crippen molar-refractivity contribution in [3.63, 3.8) is 0 Å². The molecule has 1 aromatic rings. The average Bonchev–Trinajstić information content (AvgIpc) is 2.56. The van der Waals surface area contributed by atoms with Gasteiger partial charge >= 0.3 is 0 Å². The maximum Gasteiger partial charge on any atom is 0.125 e. The van der Waals surface area contributed by atoms with E-state index in [0.29, 0.717) is 5.69 Å². The third kappa shape index (κ3) is 3.14. The predicted octanol–water partition coefficient (Wildman–Crippen LogP) is 2.85. The SMILES string of the molecule is Cl.Cl.Nc1cc(F)ccc1N1CCCC1. The van der Waals surface area contributed by atoms with Crippen molar-refractivity contribution in [2.45, 2.75) is 12.8 Å². The van der Waals surface area contributed by atoms with Crippen LogP contribution in [-0.4, -0.2) is 13.1 Å². The molecule has 1 aliphatic rings. The standard InChI is InChI=1S/C10H13FN2.2ClH/c11-8-3-4-10(9(12)7-8)13-5-1-2-6-13;;/h3-4,7H,1-2,5-6,12H2;2*1H. The summed E-state index contributed by atoms with van der Waals surface area (Å²) >= 11 is 0. The number of benzene rings is 1. The van der Waals surface area contributed by atoms with Crippen molar-refractivity contribution < 1.29 is 4.39 Å². The fraction of sp³-hybridized carbons (Fsp3) is 0.400. The maximum absolute atomic E-state index is 12.7. The molecule has 1 heterocycles. The number of anilines is 2. The smallest absolute Gasteiger partial charge is 0.125 e. The lowest BCUT2D eigenvalue weighted by Gasteiger charge is -2.19. The molecule has 0 amide bonds. The number of nitrogen functional groups attached to an aromatic ring is 1. The third-order valence-corrected chi connectivity index (χ3v) is 2.44. The molecule has 5 heteroatoms. The second-order valence-electron chi connectivity index (χ2n) is 3.40. The topological polar surface area (TPSA) is 29.3 Å². The highest BCUT2D eigenvalue weighted by Crippen LogP contribution is 2.26. The first-order valence-corrected chi connectivity index (χ1v) is 4.57. The van der Waals surface area contributed by atoms with E-state index in [-0.39, 0.29) is 30.6 Å². The van der Waals surface area contributed by atoms with Crippen molar-refractivity contribution in [3.05, 3.63) is 24.0 Å². The van der Waals surface area contributed by atoms with Crippen LogP contribution in [0.25, 0.3) is 0 Å². The van der Waals surface area contributed by atoms with Gasteiger partial charge in [0.05, 0.1) is 11.4 Å². The van der Waals surface area contributed by atoms with Crippen LogP contribution in [0.4, 0.5) is 15.8 Å². The fourth-order valence-electron chi connectivity index (χ4n) is 1.77. The lowest BCUT2D eigenvalue weighted by Crippen LogP contribution is -2.18. The number of hydrogen-bond acceptors (Lipinski definition) is 2. The minimum absolute atomic E-state index is 0. The molecule has 0 aromatic heterocycles. The second kappa shape index (κ2) is 6.03. The summed E-state index contributed by atoms with van der Waals surface area (Å²) in [6.45, 7) is 2.08. The van der Waals surface area contributed by atoms with Gasteiger partial charge in [0.15, 0.2) is 0 Å². The number of nitrogens with zero attached hydrogens (tertiary/aromatic N) is 1. The van der Waals surface area contributed by atoms with Crippen LogP contribution in [-0.2, 0) is 0 Å². The van der Waals surface area contributed by atoms with Gasteiger partial charge in [-0.3, -0.25) is 0 Å². The van der Waals surface area contributed by atoms with Crippen LogP contribution in [0.3, 0.4) is 0 Å². The molecule has 15 heavy (non-hydrogen) atoms. The molecular weight excluding hydrogens is 238 g/mol. The first-order chi connectivity index (χ1) is 6.27. The Labute approximate surface area is 101 Å². The normalized spacial score (nSPS) is 14.3. The molecule has 0 saturated carbocycles. The quantitative estimate of drug-likeness (QED) is 0.780. The van der Waals surface area contributed by atoms with Crippen molar-refractivity contribution in [1.29, 1.82) is 0 Å². The van der Waals surface area contributed by atoms with Gasteiger partial charge in [-0.1, -0.05) is 0 Å². The maximum atomic E-state index is 12.7. The molecule has 1 fully saturated rings. The Kier molecular flexibility index (Phi) is 5.76. The summed E-state index contributed by atoms with van der Waals surface area (Å²) in [5, 5.41) is 0. The molecule has 86 valence electrons. The lowest BCUT2D eigenvalue weighted by atomic mass is 10.2. The Morgan fingerprint density at radius 2 is 1.73 bits per heavy atom. The summed E-state index contributed by atoms with van der Waals surface area (Å²) in [5.74, 6) is -0.263. The van der Waals surface area contributed by atoms with Crippen molar-refractivity contribution in [1.82, 2.24) is 0 Å². The summed E-state index contributed by atoms with van der Waals surface area (Å²) in [6, 6.07) is 4.60. The zero-order valence-corrected chi connectivity index (χ0v) is 9.91. The highest BCUT2D eigenvalue weighted by Gasteiger charge is 2.14. The molecule has 2 nitrogen and oxygen atoms in total. The number of rotatable bonds is 1. The highest BCUT2D eigenvalue weighted by molar-refractivity contribution is 5.85. The van der Waals surface area contributed by atoms with E-state index in [4.69, 9.17) is 5.73 Å². The van der Waals surface area contributed by atoms with E-state index in [1.165, 1.54) is 25.0 Å². The highest BCUT2D eigenvalue weighted by atomic mass is 35.5. The summed E-state index contributed by atoms with van der Waals surface area (Å²) in [5.41, 5.74) is 7.23. The second-order valence-corrected chi connectivity index (χ2v) is 3.40. The first-order valence-electron chi connectivity index (χ1n) is 4.57. The third-order valence-electron chi connectivity index (χ3n) is 2.44. The van der Waals surface area contributed by atoms with Crippen LogP contribution in [0.1, 0.15) is 12.8 Å². The van der Waals surface area contributed by atoms with E-state index in [0.717, 1.165) is 18.8 Å².